The van der Waals surface area contributed by atoms with E-state index in [9.17, 15) is 14.7 Å². The van der Waals surface area contributed by atoms with Crippen LogP contribution in [0.25, 0.3) is 10.9 Å². The molecule has 0 unspecified atom stereocenters. The molecule has 0 amide bonds. The number of para-hydroxylation sites is 1. The van der Waals surface area contributed by atoms with Gasteiger partial charge in [0.1, 0.15) is 5.82 Å². The van der Waals surface area contributed by atoms with Gasteiger partial charge in [0.05, 0.1) is 36.7 Å². The van der Waals surface area contributed by atoms with E-state index >= 15 is 0 Å². The van der Waals surface area contributed by atoms with E-state index < -0.39 is 5.60 Å². The van der Waals surface area contributed by atoms with Crippen molar-refractivity contribution in [3.8, 4) is 0 Å². The van der Waals surface area contributed by atoms with Gasteiger partial charge in [0.15, 0.2) is 0 Å². The molecule has 2 aromatic rings. The van der Waals surface area contributed by atoms with Gasteiger partial charge in [0.25, 0.3) is 5.56 Å². The Morgan fingerprint density at radius 3 is 2.67 bits per heavy atom. The zero-order valence-corrected chi connectivity index (χ0v) is 15.6. The molecule has 1 aliphatic heterocycles. The standard InChI is InChI=1S/C20H25N3O4/c1-27-17(24)12-22-10-8-20(26,9-11-22)13-23-18(14-6-7-14)21-16-5-3-2-4-15(16)19(23)25/h2-5,14,26H,6-13H2,1H3. The number of hydrogen-bond donors (Lipinski definition) is 1. The molecule has 4 rings (SSSR count). The molecule has 1 N–H and O–H groups in total. The fourth-order valence-corrected chi connectivity index (χ4v) is 3.82. The van der Waals surface area contributed by atoms with Crippen LogP contribution in [0.5, 0.6) is 0 Å². The van der Waals surface area contributed by atoms with Gasteiger partial charge in [-0.25, -0.2) is 4.98 Å². The van der Waals surface area contributed by atoms with Crippen LogP contribution in [0, 0.1) is 0 Å². The Labute approximate surface area is 157 Å². The molecule has 144 valence electrons. The maximum Gasteiger partial charge on any atom is 0.319 e. The number of rotatable bonds is 5. The Bertz CT molecular complexity index is 911. The Balaban J connectivity index is 1.58. The third-order valence-electron chi connectivity index (χ3n) is 5.65. The first-order chi connectivity index (χ1) is 13.0. The first-order valence-corrected chi connectivity index (χ1v) is 9.50. The van der Waals surface area contributed by atoms with Crippen LogP contribution in [-0.2, 0) is 16.1 Å². The third-order valence-corrected chi connectivity index (χ3v) is 5.65. The van der Waals surface area contributed by atoms with Crippen molar-refractivity contribution in [1.82, 2.24) is 14.5 Å². The maximum atomic E-state index is 13.1. The van der Waals surface area contributed by atoms with Gasteiger partial charge >= 0.3 is 5.97 Å². The number of likely N-dealkylation sites (tertiary alicyclic amines) is 1. The molecule has 1 aromatic carbocycles. The number of hydrogen-bond acceptors (Lipinski definition) is 6. The molecule has 2 fully saturated rings. The summed E-state index contributed by atoms with van der Waals surface area (Å²) in [6, 6.07) is 7.39. The van der Waals surface area contributed by atoms with Gasteiger partial charge in [-0.3, -0.25) is 19.1 Å². The summed E-state index contributed by atoms with van der Waals surface area (Å²) < 4.78 is 6.40. The van der Waals surface area contributed by atoms with E-state index in [0.717, 1.165) is 24.2 Å². The fourth-order valence-electron chi connectivity index (χ4n) is 3.82. The summed E-state index contributed by atoms with van der Waals surface area (Å²) in [6.07, 6.45) is 3.09. The SMILES string of the molecule is COC(=O)CN1CCC(O)(Cn2c(C3CC3)nc3ccccc3c2=O)CC1. The first-order valence-electron chi connectivity index (χ1n) is 9.50. The second-order valence-corrected chi connectivity index (χ2v) is 7.73. The number of nitrogens with zero attached hydrogens (tertiary/aromatic N) is 3. The summed E-state index contributed by atoms with van der Waals surface area (Å²) >= 11 is 0. The van der Waals surface area contributed by atoms with Crippen molar-refractivity contribution in [3.05, 3.63) is 40.4 Å². The molecule has 7 nitrogen and oxygen atoms in total. The molecule has 2 aliphatic rings. The molecular weight excluding hydrogens is 346 g/mol. The number of ether oxygens (including phenoxy) is 1. The van der Waals surface area contributed by atoms with Crippen molar-refractivity contribution in [2.24, 2.45) is 0 Å². The van der Waals surface area contributed by atoms with Crippen molar-refractivity contribution < 1.29 is 14.6 Å². The van der Waals surface area contributed by atoms with Crippen molar-refractivity contribution in [2.45, 2.75) is 43.7 Å². The highest BCUT2D eigenvalue weighted by Gasteiger charge is 2.36. The van der Waals surface area contributed by atoms with Crippen LogP contribution in [-0.4, -0.2) is 57.9 Å². The van der Waals surface area contributed by atoms with Crippen LogP contribution < -0.4 is 5.56 Å². The minimum atomic E-state index is -0.968. The number of carbonyl (C=O) groups is 1. The number of fused-ring (bicyclic) bond motifs is 1. The first kappa shape index (κ1) is 18.1. The van der Waals surface area contributed by atoms with Gasteiger partial charge in [-0.1, -0.05) is 12.1 Å². The summed E-state index contributed by atoms with van der Waals surface area (Å²) in [4.78, 5) is 31.3. The monoisotopic (exact) mass is 371 g/mol. The van der Waals surface area contributed by atoms with Crippen molar-refractivity contribution in [1.29, 1.82) is 0 Å². The topological polar surface area (TPSA) is 84.7 Å². The second kappa shape index (κ2) is 7.05. The van der Waals surface area contributed by atoms with E-state index in [1.165, 1.54) is 7.11 Å². The lowest BCUT2D eigenvalue weighted by atomic mass is 9.91. The highest BCUT2D eigenvalue weighted by molar-refractivity contribution is 5.77. The van der Waals surface area contributed by atoms with E-state index in [2.05, 4.69) is 0 Å². The number of aromatic nitrogens is 2. The largest absolute Gasteiger partial charge is 0.468 e. The minimum Gasteiger partial charge on any atom is -0.468 e. The van der Waals surface area contributed by atoms with Crippen molar-refractivity contribution in [2.75, 3.05) is 26.7 Å². The Hall–Kier alpha value is -2.25. The van der Waals surface area contributed by atoms with Gasteiger partial charge < -0.3 is 9.84 Å². The van der Waals surface area contributed by atoms with Crippen LogP contribution in [0.15, 0.2) is 29.1 Å². The predicted octanol–water partition coefficient (Wildman–Crippen LogP) is 1.27. The van der Waals surface area contributed by atoms with Gasteiger partial charge in [0, 0.05) is 19.0 Å². The highest BCUT2D eigenvalue weighted by atomic mass is 16.5. The molecule has 1 saturated carbocycles. The van der Waals surface area contributed by atoms with Crippen LogP contribution in [0.2, 0.25) is 0 Å². The summed E-state index contributed by atoms with van der Waals surface area (Å²) in [6.45, 7) is 1.68. The lowest BCUT2D eigenvalue weighted by Gasteiger charge is -2.38. The summed E-state index contributed by atoms with van der Waals surface area (Å²) in [5, 5.41) is 11.7. The Morgan fingerprint density at radius 2 is 2.00 bits per heavy atom. The lowest BCUT2D eigenvalue weighted by molar-refractivity contribution is -0.143. The molecule has 27 heavy (non-hydrogen) atoms. The Morgan fingerprint density at radius 1 is 1.30 bits per heavy atom. The van der Waals surface area contributed by atoms with Gasteiger partial charge in [-0.2, -0.15) is 0 Å². The second-order valence-electron chi connectivity index (χ2n) is 7.73. The van der Waals surface area contributed by atoms with Crippen LogP contribution in [0.4, 0.5) is 0 Å². The van der Waals surface area contributed by atoms with Crippen molar-refractivity contribution >= 4 is 16.9 Å². The number of carbonyl (C=O) groups excluding carboxylic acids is 1. The molecule has 0 bridgehead atoms. The molecular formula is C20H25N3O4. The number of esters is 1. The van der Waals surface area contributed by atoms with E-state index in [0.29, 0.717) is 37.2 Å². The average Bonchev–Trinajstić information content (AvgIpc) is 3.51. The zero-order chi connectivity index (χ0) is 19.0. The molecule has 0 atom stereocenters. The maximum absolute atomic E-state index is 13.1. The number of aliphatic hydroxyl groups is 1. The van der Waals surface area contributed by atoms with E-state index in [-0.39, 0.29) is 24.6 Å². The fraction of sp³-hybridized carbons (Fsp3) is 0.550. The van der Waals surface area contributed by atoms with E-state index in [4.69, 9.17) is 9.72 Å². The molecule has 1 aliphatic carbocycles. The van der Waals surface area contributed by atoms with Crippen LogP contribution in [0.1, 0.15) is 37.4 Å². The Kier molecular flexibility index (Phi) is 4.74. The van der Waals surface area contributed by atoms with E-state index in [1.54, 1.807) is 10.6 Å². The van der Waals surface area contributed by atoms with Crippen LogP contribution in [0.3, 0.4) is 0 Å². The highest BCUT2D eigenvalue weighted by Crippen LogP contribution is 2.39. The normalized spacial score (nSPS) is 19.9. The number of benzene rings is 1. The van der Waals surface area contributed by atoms with Crippen molar-refractivity contribution in [3.63, 3.8) is 0 Å². The third kappa shape index (κ3) is 3.75. The van der Waals surface area contributed by atoms with Gasteiger partial charge in [-0.15, -0.1) is 0 Å². The average molecular weight is 371 g/mol. The van der Waals surface area contributed by atoms with Gasteiger partial charge in [0.2, 0.25) is 0 Å². The lowest BCUT2D eigenvalue weighted by Crippen LogP contribution is -2.49. The summed E-state index contributed by atoms with van der Waals surface area (Å²) in [5.41, 5.74) is -0.321. The van der Waals surface area contributed by atoms with Gasteiger partial charge in [-0.05, 0) is 37.8 Å². The molecule has 2 heterocycles. The summed E-state index contributed by atoms with van der Waals surface area (Å²) in [5.74, 6) is 0.834. The molecule has 1 aromatic heterocycles. The minimum absolute atomic E-state index is 0.0760. The zero-order valence-electron chi connectivity index (χ0n) is 15.6. The number of piperidine rings is 1. The quantitative estimate of drug-likeness (QED) is 0.797. The summed E-state index contributed by atoms with van der Waals surface area (Å²) in [7, 11) is 1.38. The molecule has 0 spiro atoms. The molecule has 0 radical (unpaired) electrons. The molecule has 7 heteroatoms. The smallest absolute Gasteiger partial charge is 0.319 e. The predicted molar refractivity (Wildman–Crippen MR) is 101 cm³/mol. The molecule has 1 saturated heterocycles. The van der Waals surface area contributed by atoms with Crippen LogP contribution >= 0.6 is 0 Å². The van der Waals surface area contributed by atoms with E-state index in [1.807, 2.05) is 23.1 Å². The number of methoxy groups -OCH3 is 1.